The molecular weight excluding hydrogens is 360 g/mol. The Balaban J connectivity index is 1.77. The van der Waals surface area contributed by atoms with Crippen molar-refractivity contribution < 1.29 is 13.2 Å². The van der Waals surface area contributed by atoms with E-state index < -0.39 is 10.0 Å². The van der Waals surface area contributed by atoms with Gasteiger partial charge < -0.3 is 10.1 Å². The zero-order valence-electron chi connectivity index (χ0n) is 15.5. The van der Waals surface area contributed by atoms with Gasteiger partial charge in [-0.25, -0.2) is 8.42 Å². The van der Waals surface area contributed by atoms with Crippen LogP contribution in [0.2, 0.25) is 0 Å². The Labute approximate surface area is 160 Å². The van der Waals surface area contributed by atoms with Crippen LogP contribution in [0.15, 0.2) is 71.6 Å². The largest absolute Gasteiger partial charge is 0.495 e. The standard InChI is InChI=1S/C21H22N2O3S/c1-15-4-7-17(8-5-15)22-18-9-11-19(12-10-18)23-27(24,25)21-14-16(2)6-13-20(21)26-3/h4-14,22-23H,1-3H3. The molecule has 2 N–H and O–H groups in total. The average Bonchev–Trinajstić information content (AvgIpc) is 2.65. The number of ether oxygens (including phenoxy) is 1. The molecule has 0 saturated carbocycles. The van der Waals surface area contributed by atoms with Crippen LogP contribution in [0.25, 0.3) is 0 Å². The van der Waals surface area contributed by atoms with Gasteiger partial charge in [0.2, 0.25) is 0 Å². The van der Waals surface area contributed by atoms with Crippen LogP contribution in [-0.4, -0.2) is 15.5 Å². The summed E-state index contributed by atoms with van der Waals surface area (Å²) in [5.74, 6) is 0.311. The van der Waals surface area contributed by atoms with Gasteiger partial charge in [0, 0.05) is 17.1 Å². The molecule has 3 aromatic rings. The third-order valence-corrected chi connectivity index (χ3v) is 5.49. The summed E-state index contributed by atoms with van der Waals surface area (Å²) in [6, 6.07) is 20.2. The lowest BCUT2D eigenvalue weighted by atomic mass is 10.2. The third kappa shape index (κ3) is 4.60. The van der Waals surface area contributed by atoms with E-state index in [-0.39, 0.29) is 4.90 Å². The molecule has 0 aliphatic rings. The number of nitrogens with one attached hydrogen (secondary N) is 2. The highest BCUT2D eigenvalue weighted by Gasteiger charge is 2.19. The van der Waals surface area contributed by atoms with E-state index >= 15 is 0 Å². The highest BCUT2D eigenvalue weighted by Crippen LogP contribution is 2.27. The van der Waals surface area contributed by atoms with Crippen LogP contribution in [0.3, 0.4) is 0 Å². The molecule has 27 heavy (non-hydrogen) atoms. The third-order valence-electron chi connectivity index (χ3n) is 4.09. The topological polar surface area (TPSA) is 67.4 Å². The van der Waals surface area contributed by atoms with Gasteiger partial charge in [-0.05, 0) is 67.9 Å². The van der Waals surface area contributed by atoms with Crippen LogP contribution in [0.1, 0.15) is 11.1 Å². The number of hydrogen-bond donors (Lipinski definition) is 2. The molecule has 0 unspecified atom stereocenters. The van der Waals surface area contributed by atoms with Crippen LogP contribution in [0, 0.1) is 13.8 Å². The van der Waals surface area contributed by atoms with Crippen molar-refractivity contribution in [3.63, 3.8) is 0 Å². The molecule has 0 aliphatic heterocycles. The van der Waals surface area contributed by atoms with E-state index in [0.29, 0.717) is 11.4 Å². The molecule has 3 aromatic carbocycles. The van der Waals surface area contributed by atoms with Gasteiger partial charge in [0.05, 0.1) is 7.11 Å². The molecule has 0 saturated heterocycles. The van der Waals surface area contributed by atoms with Crippen molar-refractivity contribution in [2.45, 2.75) is 18.7 Å². The second kappa shape index (κ2) is 7.72. The molecule has 0 fully saturated rings. The Morgan fingerprint density at radius 3 is 1.85 bits per heavy atom. The second-order valence-electron chi connectivity index (χ2n) is 6.33. The smallest absolute Gasteiger partial charge is 0.265 e. The van der Waals surface area contributed by atoms with Gasteiger partial charge in [0.25, 0.3) is 10.0 Å². The minimum Gasteiger partial charge on any atom is -0.495 e. The van der Waals surface area contributed by atoms with Gasteiger partial charge in [-0.1, -0.05) is 23.8 Å². The number of anilines is 3. The molecule has 0 radical (unpaired) electrons. The fourth-order valence-corrected chi connectivity index (χ4v) is 3.94. The summed E-state index contributed by atoms with van der Waals surface area (Å²) in [5.41, 5.74) is 4.35. The van der Waals surface area contributed by atoms with Crippen molar-refractivity contribution in [2.75, 3.05) is 17.1 Å². The Morgan fingerprint density at radius 2 is 1.26 bits per heavy atom. The summed E-state index contributed by atoms with van der Waals surface area (Å²) in [4.78, 5) is 0.117. The maximum atomic E-state index is 12.7. The van der Waals surface area contributed by atoms with Crippen molar-refractivity contribution in [3.8, 4) is 5.75 Å². The lowest BCUT2D eigenvalue weighted by Gasteiger charge is -2.13. The fraction of sp³-hybridized carbons (Fsp3) is 0.143. The summed E-state index contributed by atoms with van der Waals surface area (Å²) >= 11 is 0. The van der Waals surface area contributed by atoms with Gasteiger partial charge in [-0.15, -0.1) is 0 Å². The van der Waals surface area contributed by atoms with Crippen LogP contribution in [0.5, 0.6) is 5.75 Å². The Kier molecular flexibility index (Phi) is 5.37. The van der Waals surface area contributed by atoms with Gasteiger partial charge in [-0.2, -0.15) is 0 Å². The van der Waals surface area contributed by atoms with Crippen molar-refractivity contribution in [1.29, 1.82) is 0 Å². The lowest BCUT2D eigenvalue weighted by Crippen LogP contribution is -2.14. The summed E-state index contributed by atoms with van der Waals surface area (Å²) in [7, 11) is -2.30. The Hall–Kier alpha value is -2.99. The summed E-state index contributed by atoms with van der Waals surface area (Å²) in [6.45, 7) is 3.87. The van der Waals surface area contributed by atoms with Crippen LogP contribution >= 0.6 is 0 Å². The first-order valence-electron chi connectivity index (χ1n) is 8.48. The molecule has 0 heterocycles. The molecule has 0 aromatic heterocycles. The highest BCUT2D eigenvalue weighted by atomic mass is 32.2. The van der Waals surface area contributed by atoms with E-state index in [9.17, 15) is 8.42 Å². The molecule has 6 heteroatoms. The van der Waals surface area contributed by atoms with E-state index in [4.69, 9.17) is 4.74 Å². The monoisotopic (exact) mass is 382 g/mol. The molecule has 0 atom stereocenters. The SMILES string of the molecule is COc1ccc(C)cc1S(=O)(=O)Nc1ccc(Nc2ccc(C)cc2)cc1. The maximum Gasteiger partial charge on any atom is 0.265 e. The van der Waals surface area contributed by atoms with Crippen LogP contribution < -0.4 is 14.8 Å². The number of benzene rings is 3. The Morgan fingerprint density at radius 1 is 0.741 bits per heavy atom. The molecule has 0 aliphatic carbocycles. The van der Waals surface area contributed by atoms with Crippen molar-refractivity contribution in [3.05, 3.63) is 77.9 Å². The second-order valence-corrected chi connectivity index (χ2v) is 7.98. The van der Waals surface area contributed by atoms with E-state index in [2.05, 4.69) is 10.0 Å². The first kappa shape index (κ1) is 18.8. The number of hydrogen-bond acceptors (Lipinski definition) is 4. The van der Waals surface area contributed by atoms with Gasteiger partial charge in [0.1, 0.15) is 10.6 Å². The highest BCUT2D eigenvalue weighted by molar-refractivity contribution is 7.92. The van der Waals surface area contributed by atoms with Crippen molar-refractivity contribution in [2.24, 2.45) is 0 Å². The molecule has 140 valence electrons. The number of methoxy groups -OCH3 is 1. The fourth-order valence-electron chi connectivity index (χ4n) is 2.63. The zero-order valence-corrected chi connectivity index (χ0v) is 16.3. The first-order valence-corrected chi connectivity index (χ1v) is 9.97. The summed E-state index contributed by atoms with van der Waals surface area (Å²) < 4.78 is 33.3. The first-order chi connectivity index (χ1) is 12.9. The van der Waals surface area contributed by atoms with Crippen LogP contribution in [0.4, 0.5) is 17.1 Å². The van der Waals surface area contributed by atoms with E-state index in [1.165, 1.54) is 12.7 Å². The van der Waals surface area contributed by atoms with Gasteiger partial charge in [0.15, 0.2) is 0 Å². The maximum absolute atomic E-state index is 12.7. The average molecular weight is 382 g/mol. The number of aryl methyl sites for hydroxylation is 2. The van der Waals surface area contributed by atoms with E-state index in [1.54, 1.807) is 24.3 Å². The minimum absolute atomic E-state index is 0.117. The predicted molar refractivity (Wildman–Crippen MR) is 109 cm³/mol. The van der Waals surface area contributed by atoms with E-state index in [0.717, 1.165) is 16.9 Å². The normalized spacial score (nSPS) is 11.1. The molecular formula is C21H22N2O3S. The zero-order chi connectivity index (χ0) is 19.4. The minimum atomic E-state index is -3.75. The summed E-state index contributed by atoms with van der Waals surface area (Å²) in [6.07, 6.45) is 0. The van der Waals surface area contributed by atoms with Crippen molar-refractivity contribution in [1.82, 2.24) is 0 Å². The van der Waals surface area contributed by atoms with Gasteiger partial charge >= 0.3 is 0 Å². The van der Waals surface area contributed by atoms with Crippen LogP contribution in [-0.2, 0) is 10.0 Å². The lowest BCUT2D eigenvalue weighted by molar-refractivity contribution is 0.402. The quantitative estimate of drug-likeness (QED) is 0.639. The molecule has 0 amide bonds. The number of rotatable bonds is 6. The molecule has 3 rings (SSSR count). The molecule has 5 nitrogen and oxygen atoms in total. The number of sulfonamides is 1. The molecule has 0 spiro atoms. The predicted octanol–water partition coefficient (Wildman–Crippen LogP) is 4.86. The van der Waals surface area contributed by atoms with Gasteiger partial charge in [-0.3, -0.25) is 4.72 Å². The molecule has 0 bridgehead atoms. The Bertz CT molecular complexity index is 1030. The van der Waals surface area contributed by atoms with Crippen molar-refractivity contribution >= 4 is 27.1 Å². The van der Waals surface area contributed by atoms with E-state index in [1.807, 2.05) is 56.3 Å². The summed E-state index contributed by atoms with van der Waals surface area (Å²) in [5, 5.41) is 3.28.